The number of rotatable bonds is 6. The molecule has 1 atom stereocenters. The predicted molar refractivity (Wildman–Crippen MR) is 114 cm³/mol. The molecule has 0 bridgehead atoms. The third-order valence-corrected chi connectivity index (χ3v) is 7.28. The van der Waals surface area contributed by atoms with Gasteiger partial charge in [0.2, 0.25) is 9.47 Å². The van der Waals surface area contributed by atoms with Crippen LogP contribution in [-0.4, -0.2) is 24.5 Å². The summed E-state index contributed by atoms with van der Waals surface area (Å²) in [6, 6.07) is 12.4. The van der Waals surface area contributed by atoms with Gasteiger partial charge in [-0.3, -0.25) is 10.1 Å². The highest BCUT2D eigenvalue weighted by molar-refractivity contribution is 7.91. The summed E-state index contributed by atoms with van der Waals surface area (Å²) in [5.74, 6) is -0.374. The van der Waals surface area contributed by atoms with E-state index in [1.807, 2.05) is 51.1 Å². The zero-order chi connectivity index (χ0) is 21.2. The van der Waals surface area contributed by atoms with Crippen molar-refractivity contribution in [1.82, 2.24) is 14.9 Å². The third kappa shape index (κ3) is 5.06. The lowest BCUT2D eigenvalue weighted by atomic mass is 10.0. The highest BCUT2D eigenvalue weighted by Crippen LogP contribution is 2.24. The van der Waals surface area contributed by atoms with E-state index in [1.165, 1.54) is 0 Å². The molecule has 1 unspecified atom stereocenters. The van der Waals surface area contributed by atoms with E-state index in [4.69, 9.17) is 0 Å². The van der Waals surface area contributed by atoms with E-state index >= 15 is 0 Å². The summed E-state index contributed by atoms with van der Waals surface area (Å²) in [5.41, 5.74) is 4.58. The Labute approximate surface area is 174 Å². The zero-order valence-electron chi connectivity index (χ0n) is 16.6. The van der Waals surface area contributed by atoms with Gasteiger partial charge in [0.1, 0.15) is 0 Å². The zero-order valence-corrected chi connectivity index (χ0v) is 18.2. The van der Waals surface area contributed by atoms with Gasteiger partial charge in [0.25, 0.3) is 15.9 Å². The second-order valence-electron chi connectivity index (χ2n) is 6.88. The number of aromatic nitrogens is 2. The maximum absolute atomic E-state index is 12.7. The third-order valence-electron chi connectivity index (χ3n) is 4.53. The molecule has 9 heteroatoms. The van der Waals surface area contributed by atoms with Crippen LogP contribution in [-0.2, 0) is 10.0 Å². The van der Waals surface area contributed by atoms with Gasteiger partial charge in [-0.05, 0) is 56.5 Å². The fourth-order valence-electron chi connectivity index (χ4n) is 2.63. The monoisotopic (exact) mass is 430 g/mol. The standard InChI is InChI=1S/C20H22N4O3S2/c1-12-5-8-16(9-6-12)18(25)21-19-22-23-20(28-19)29(26,27)24-15(4)17-10-7-13(2)14(3)11-17/h5-11,15,24H,1-4H3,(H,21,22,25). The lowest BCUT2D eigenvalue weighted by molar-refractivity contribution is 0.102. The van der Waals surface area contributed by atoms with Gasteiger partial charge in [0, 0.05) is 11.6 Å². The lowest BCUT2D eigenvalue weighted by Gasteiger charge is -2.14. The minimum atomic E-state index is -3.87. The number of nitrogens with one attached hydrogen (secondary N) is 2. The number of carbonyl (C=O) groups is 1. The molecular formula is C20H22N4O3S2. The van der Waals surface area contributed by atoms with Gasteiger partial charge in [-0.2, -0.15) is 0 Å². The van der Waals surface area contributed by atoms with Crippen LogP contribution in [0, 0.1) is 20.8 Å². The average Bonchev–Trinajstić information content (AvgIpc) is 3.13. The molecule has 29 heavy (non-hydrogen) atoms. The molecule has 2 aromatic carbocycles. The van der Waals surface area contributed by atoms with E-state index in [0.29, 0.717) is 5.56 Å². The van der Waals surface area contributed by atoms with Crippen LogP contribution in [0.5, 0.6) is 0 Å². The average molecular weight is 431 g/mol. The topological polar surface area (TPSA) is 101 Å². The van der Waals surface area contributed by atoms with Gasteiger partial charge in [-0.15, -0.1) is 10.2 Å². The smallest absolute Gasteiger partial charge is 0.270 e. The first-order valence-electron chi connectivity index (χ1n) is 8.97. The molecule has 152 valence electrons. The highest BCUT2D eigenvalue weighted by atomic mass is 32.2. The van der Waals surface area contributed by atoms with Crippen molar-refractivity contribution in [3.05, 3.63) is 70.3 Å². The summed E-state index contributed by atoms with van der Waals surface area (Å²) in [6.45, 7) is 7.67. The van der Waals surface area contributed by atoms with Gasteiger partial charge in [0.05, 0.1) is 0 Å². The largest absolute Gasteiger partial charge is 0.296 e. The van der Waals surface area contributed by atoms with Gasteiger partial charge in [0.15, 0.2) is 0 Å². The molecule has 0 aliphatic heterocycles. The summed E-state index contributed by atoms with van der Waals surface area (Å²) >= 11 is 0.804. The Morgan fingerprint density at radius 1 is 1.00 bits per heavy atom. The van der Waals surface area contributed by atoms with E-state index in [2.05, 4.69) is 20.2 Å². The quantitative estimate of drug-likeness (QED) is 0.580. The van der Waals surface area contributed by atoms with Crippen LogP contribution >= 0.6 is 11.3 Å². The highest BCUT2D eigenvalue weighted by Gasteiger charge is 2.24. The molecule has 1 amide bonds. The van der Waals surface area contributed by atoms with Crippen molar-refractivity contribution >= 4 is 32.4 Å². The van der Waals surface area contributed by atoms with Crippen molar-refractivity contribution in [2.45, 2.75) is 38.1 Å². The van der Waals surface area contributed by atoms with E-state index in [-0.39, 0.29) is 15.4 Å². The van der Waals surface area contributed by atoms with Crippen molar-refractivity contribution in [2.75, 3.05) is 5.32 Å². The summed E-state index contributed by atoms with van der Waals surface area (Å²) in [6.07, 6.45) is 0. The minimum absolute atomic E-state index is 0.120. The van der Waals surface area contributed by atoms with Crippen LogP contribution in [0.1, 0.15) is 45.6 Å². The Morgan fingerprint density at radius 2 is 1.69 bits per heavy atom. The molecule has 0 aliphatic carbocycles. The number of amides is 1. The fraction of sp³-hybridized carbons (Fsp3) is 0.250. The first kappa shape index (κ1) is 21.1. The number of benzene rings is 2. The Morgan fingerprint density at radius 3 is 2.34 bits per heavy atom. The maximum atomic E-state index is 12.7. The lowest BCUT2D eigenvalue weighted by Crippen LogP contribution is -2.26. The SMILES string of the molecule is Cc1ccc(C(=O)Nc2nnc(S(=O)(=O)NC(C)c3ccc(C)c(C)c3)s2)cc1. The fourth-order valence-corrected chi connectivity index (χ4v) is 4.77. The molecule has 2 N–H and O–H groups in total. The second kappa shape index (κ2) is 8.40. The predicted octanol–water partition coefficient (Wildman–Crippen LogP) is 3.76. The molecule has 1 aromatic heterocycles. The second-order valence-corrected chi connectivity index (χ2v) is 9.75. The number of nitrogens with zero attached hydrogens (tertiary/aromatic N) is 2. The van der Waals surface area contributed by atoms with Crippen molar-refractivity contribution in [3.63, 3.8) is 0 Å². The molecule has 0 aliphatic rings. The van der Waals surface area contributed by atoms with Crippen molar-refractivity contribution in [3.8, 4) is 0 Å². The van der Waals surface area contributed by atoms with Crippen molar-refractivity contribution in [2.24, 2.45) is 0 Å². The number of sulfonamides is 1. The first-order chi connectivity index (χ1) is 13.7. The van der Waals surface area contributed by atoms with E-state index < -0.39 is 16.1 Å². The summed E-state index contributed by atoms with van der Waals surface area (Å²) in [7, 11) is -3.87. The molecule has 1 heterocycles. The van der Waals surface area contributed by atoms with Crippen LogP contribution in [0.25, 0.3) is 0 Å². The maximum Gasteiger partial charge on any atom is 0.270 e. The molecule has 7 nitrogen and oxygen atoms in total. The normalized spacial score (nSPS) is 12.6. The van der Waals surface area contributed by atoms with E-state index in [0.717, 1.165) is 33.6 Å². The number of aryl methyl sites for hydroxylation is 3. The molecule has 3 rings (SSSR count). The van der Waals surface area contributed by atoms with Gasteiger partial charge in [-0.1, -0.05) is 47.2 Å². The molecule has 0 radical (unpaired) electrons. The first-order valence-corrected chi connectivity index (χ1v) is 11.3. The summed E-state index contributed by atoms with van der Waals surface area (Å²) in [4.78, 5) is 12.3. The molecule has 0 fully saturated rings. The summed E-state index contributed by atoms with van der Waals surface area (Å²) in [5, 5.41) is 10.2. The van der Waals surface area contributed by atoms with Crippen LogP contribution in [0.4, 0.5) is 5.13 Å². The van der Waals surface area contributed by atoms with E-state index in [9.17, 15) is 13.2 Å². The molecule has 3 aromatic rings. The number of anilines is 1. The molecule has 0 saturated carbocycles. The van der Waals surface area contributed by atoms with Crippen LogP contribution < -0.4 is 10.0 Å². The number of carbonyl (C=O) groups excluding carboxylic acids is 1. The number of hydrogen-bond donors (Lipinski definition) is 2. The van der Waals surface area contributed by atoms with Gasteiger partial charge in [-0.25, -0.2) is 13.1 Å². The van der Waals surface area contributed by atoms with E-state index in [1.54, 1.807) is 19.1 Å². The molecule has 0 saturated heterocycles. The number of hydrogen-bond acceptors (Lipinski definition) is 6. The minimum Gasteiger partial charge on any atom is -0.296 e. The van der Waals surface area contributed by atoms with Crippen LogP contribution in [0.2, 0.25) is 0 Å². The Bertz CT molecular complexity index is 1140. The molecule has 0 spiro atoms. The van der Waals surface area contributed by atoms with Crippen LogP contribution in [0.3, 0.4) is 0 Å². The molecular weight excluding hydrogens is 408 g/mol. The van der Waals surface area contributed by atoms with Crippen LogP contribution in [0.15, 0.2) is 46.8 Å². The Hall–Kier alpha value is -2.62. The van der Waals surface area contributed by atoms with Gasteiger partial charge < -0.3 is 0 Å². The summed E-state index contributed by atoms with van der Waals surface area (Å²) < 4.78 is 27.7. The van der Waals surface area contributed by atoms with Crippen molar-refractivity contribution < 1.29 is 13.2 Å². The Balaban J connectivity index is 1.71. The van der Waals surface area contributed by atoms with Crippen molar-refractivity contribution in [1.29, 1.82) is 0 Å². The van der Waals surface area contributed by atoms with Gasteiger partial charge >= 0.3 is 0 Å². The Kier molecular flexibility index (Phi) is 6.11.